The predicted octanol–water partition coefficient (Wildman–Crippen LogP) is 3.37. The first-order valence-electron chi connectivity index (χ1n) is 7.31. The van der Waals surface area contributed by atoms with Crippen LogP contribution in [0.25, 0.3) is 0 Å². The van der Waals surface area contributed by atoms with E-state index < -0.39 is 12.0 Å². The van der Waals surface area contributed by atoms with Crippen molar-refractivity contribution < 1.29 is 14.3 Å². The number of esters is 1. The molecule has 0 saturated heterocycles. The fourth-order valence-corrected chi connectivity index (χ4v) is 3.04. The monoisotopic (exact) mass is 398 g/mol. The first kappa shape index (κ1) is 17.9. The Labute approximate surface area is 148 Å². The summed E-state index contributed by atoms with van der Waals surface area (Å²) in [5.74, 6) is 1.34. The Balaban J connectivity index is 2.20. The van der Waals surface area contributed by atoms with E-state index in [1.165, 1.54) is 0 Å². The van der Waals surface area contributed by atoms with E-state index in [0.29, 0.717) is 17.9 Å². The summed E-state index contributed by atoms with van der Waals surface area (Å²) in [6, 6.07) is 6.65. The first-order chi connectivity index (χ1) is 11.0. The summed E-state index contributed by atoms with van der Waals surface area (Å²) >= 11 is 5.09. The second kappa shape index (κ2) is 8.40. The molecular weight excluding hydrogens is 380 g/mol. The minimum Gasteiger partial charge on any atom is -0.461 e. The SMILES string of the molecule is CCSCCOC(=O)C1=C(C)NC(=O)N[C@@H]1c1ccc(Br)cc1. The van der Waals surface area contributed by atoms with Crippen LogP contribution in [0.15, 0.2) is 40.0 Å². The third kappa shape index (κ3) is 4.75. The Morgan fingerprint density at radius 2 is 2.04 bits per heavy atom. The molecule has 2 rings (SSSR count). The standard InChI is InChI=1S/C16H19BrN2O3S/c1-3-23-9-8-22-15(20)13-10(2)18-16(21)19-14(13)11-4-6-12(17)7-5-11/h4-7,14H,3,8-9H2,1-2H3,(H2,18,19,21)/t14-/m1/s1. The number of nitrogens with one attached hydrogen (secondary N) is 2. The van der Waals surface area contributed by atoms with Gasteiger partial charge < -0.3 is 15.4 Å². The fourth-order valence-electron chi connectivity index (χ4n) is 2.29. The molecule has 23 heavy (non-hydrogen) atoms. The van der Waals surface area contributed by atoms with Crippen LogP contribution >= 0.6 is 27.7 Å². The lowest BCUT2D eigenvalue weighted by Gasteiger charge is -2.28. The highest BCUT2D eigenvalue weighted by Gasteiger charge is 2.32. The summed E-state index contributed by atoms with van der Waals surface area (Å²) in [5, 5.41) is 5.42. The van der Waals surface area contributed by atoms with Gasteiger partial charge in [-0.2, -0.15) is 11.8 Å². The zero-order valence-electron chi connectivity index (χ0n) is 13.0. The van der Waals surface area contributed by atoms with Crippen LogP contribution in [-0.2, 0) is 9.53 Å². The predicted molar refractivity (Wildman–Crippen MR) is 95.2 cm³/mol. The number of ether oxygens (including phenoxy) is 1. The second-order valence-electron chi connectivity index (χ2n) is 4.95. The molecular formula is C16H19BrN2O3S. The van der Waals surface area contributed by atoms with Gasteiger partial charge in [-0.05, 0) is 30.4 Å². The van der Waals surface area contributed by atoms with Crippen LogP contribution in [-0.4, -0.2) is 30.1 Å². The van der Waals surface area contributed by atoms with Crippen molar-refractivity contribution in [3.63, 3.8) is 0 Å². The molecule has 0 aliphatic carbocycles. The quantitative estimate of drug-likeness (QED) is 0.569. The number of thioether (sulfide) groups is 1. The molecule has 2 N–H and O–H groups in total. The van der Waals surface area contributed by atoms with Gasteiger partial charge in [0.15, 0.2) is 0 Å². The number of urea groups is 1. The van der Waals surface area contributed by atoms with Crippen LogP contribution in [0, 0.1) is 0 Å². The molecule has 0 aromatic heterocycles. The summed E-state index contributed by atoms with van der Waals surface area (Å²) in [5.41, 5.74) is 1.79. The lowest BCUT2D eigenvalue weighted by atomic mass is 9.96. The highest BCUT2D eigenvalue weighted by atomic mass is 79.9. The van der Waals surface area contributed by atoms with Gasteiger partial charge in [0, 0.05) is 15.9 Å². The summed E-state index contributed by atoms with van der Waals surface area (Å²) in [7, 11) is 0. The number of carbonyl (C=O) groups excluding carboxylic acids is 2. The lowest BCUT2D eigenvalue weighted by molar-refractivity contribution is -0.138. The molecule has 0 bridgehead atoms. The average molecular weight is 399 g/mol. The van der Waals surface area contributed by atoms with E-state index in [9.17, 15) is 9.59 Å². The molecule has 1 atom stereocenters. The summed E-state index contributed by atoms with van der Waals surface area (Å²) in [6.45, 7) is 4.13. The van der Waals surface area contributed by atoms with Gasteiger partial charge in [-0.3, -0.25) is 0 Å². The normalized spacial score (nSPS) is 17.5. The minimum atomic E-state index is -0.511. The van der Waals surface area contributed by atoms with Crippen molar-refractivity contribution in [2.75, 3.05) is 18.1 Å². The number of amides is 2. The first-order valence-corrected chi connectivity index (χ1v) is 9.26. The third-order valence-corrected chi connectivity index (χ3v) is 4.75. The van der Waals surface area contributed by atoms with Crippen molar-refractivity contribution in [3.05, 3.63) is 45.6 Å². The van der Waals surface area contributed by atoms with E-state index in [0.717, 1.165) is 21.5 Å². The minimum absolute atomic E-state index is 0.325. The van der Waals surface area contributed by atoms with Gasteiger partial charge in [-0.1, -0.05) is 35.0 Å². The number of allylic oxidation sites excluding steroid dienone is 1. The Morgan fingerprint density at radius 3 is 2.70 bits per heavy atom. The number of halogens is 1. The molecule has 1 aromatic carbocycles. The van der Waals surface area contributed by atoms with Crippen molar-refractivity contribution in [1.29, 1.82) is 0 Å². The van der Waals surface area contributed by atoms with E-state index in [1.54, 1.807) is 18.7 Å². The maximum atomic E-state index is 12.4. The van der Waals surface area contributed by atoms with Crippen LogP contribution < -0.4 is 10.6 Å². The molecule has 124 valence electrons. The van der Waals surface area contributed by atoms with Crippen molar-refractivity contribution in [2.45, 2.75) is 19.9 Å². The Bertz CT molecular complexity index is 616. The summed E-state index contributed by atoms with van der Waals surface area (Å²) in [4.78, 5) is 24.2. The molecule has 7 heteroatoms. The molecule has 0 unspecified atom stereocenters. The van der Waals surface area contributed by atoms with Gasteiger partial charge in [0.25, 0.3) is 0 Å². The van der Waals surface area contributed by atoms with E-state index in [2.05, 4.69) is 33.5 Å². The van der Waals surface area contributed by atoms with Crippen molar-refractivity contribution >= 4 is 39.7 Å². The third-order valence-electron chi connectivity index (χ3n) is 3.36. The van der Waals surface area contributed by atoms with E-state index in [4.69, 9.17) is 4.74 Å². The van der Waals surface area contributed by atoms with Crippen LogP contribution in [0.5, 0.6) is 0 Å². The Kier molecular flexibility index (Phi) is 6.53. The van der Waals surface area contributed by atoms with Gasteiger partial charge in [-0.15, -0.1) is 0 Å². The van der Waals surface area contributed by atoms with Crippen molar-refractivity contribution in [1.82, 2.24) is 10.6 Å². The van der Waals surface area contributed by atoms with Gasteiger partial charge in [0.2, 0.25) is 0 Å². The van der Waals surface area contributed by atoms with Crippen LogP contribution in [0.4, 0.5) is 4.79 Å². The van der Waals surface area contributed by atoms with Crippen molar-refractivity contribution in [3.8, 4) is 0 Å². The molecule has 2 amide bonds. The van der Waals surface area contributed by atoms with Gasteiger partial charge >= 0.3 is 12.0 Å². The van der Waals surface area contributed by atoms with Crippen LogP contribution in [0.2, 0.25) is 0 Å². The molecule has 1 aliphatic heterocycles. The van der Waals surface area contributed by atoms with Gasteiger partial charge in [-0.25, -0.2) is 9.59 Å². The number of carbonyl (C=O) groups is 2. The smallest absolute Gasteiger partial charge is 0.338 e. The largest absolute Gasteiger partial charge is 0.461 e. The highest BCUT2D eigenvalue weighted by Crippen LogP contribution is 2.28. The molecule has 0 radical (unpaired) electrons. The van der Waals surface area contributed by atoms with E-state index in [-0.39, 0.29) is 6.03 Å². The molecule has 1 heterocycles. The molecule has 1 aromatic rings. The molecule has 0 spiro atoms. The van der Waals surface area contributed by atoms with Gasteiger partial charge in [0.05, 0.1) is 11.6 Å². The molecule has 0 saturated carbocycles. The van der Waals surface area contributed by atoms with E-state index >= 15 is 0 Å². The molecule has 5 nitrogen and oxygen atoms in total. The highest BCUT2D eigenvalue weighted by molar-refractivity contribution is 9.10. The zero-order valence-corrected chi connectivity index (χ0v) is 15.4. The second-order valence-corrected chi connectivity index (χ2v) is 7.26. The maximum absolute atomic E-state index is 12.4. The van der Waals surface area contributed by atoms with E-state index in [1.807, 2.05) is 24.3 Å². The number of hydrogen-bond acceptors (Lipinski definition) is 4. The number of rotatable bonds is 6. The number of benzene rings is 1. The van der Waals surface area contributed by atoms with Gasteiger partial charge in [0.1, 0.15) is 6.61 Å². The topological polar surface area (TPSA) is 67.4 Å². The average Bonchev–Trinajstić information content (AvgIpc) is 2.51. The molecule has 1 aliphatic rings. The maximum Gasteiger partial charge on any atom is 0.338 e. The van der Waals surface area contributed by atoms with Crippen LogP contribution in [0.3, 0.4) is 0 Å². The zero-order chi connectivity index (χ0) is 16.8. The number of hydrogen-bond donors (Lipinski definition) is 2. The lowest BCUT2D eigenvalue weighted by Crippen LogP contribution is -2.45. The summed E-state index contributed by atoms with van der Waals surface area (Å²) in [6.07, 6.45) is 0. The fraction of sp³-hybridized carbons (Fsp3) is 0.375. The Morgan fingerprint density at radius 1 is 1.35 bits per heavy atom. The molecule has 0 fully saturated rings. The summed E-state index contributed by atoms with van der Waals surface area (Å²) < 4.78 is 6.28. The van der Waals surface area contributed by atoms with Crippen LogP contribution in [0.1, 0.15) is 25.5 Å². The Hall–Kier alpha value is -1.47. The van der Waals surface area contributed by atoms with Crippen molar-refractivity contribution in [2.24, 2.45) is 0 Å².